The van der Waals surface area contributed by atoms with Crippen molar-refractivity contribution in [2.24, 2.45) is 5.41 Å². The van der Waals surface area contributed by atoms with Crippen molar-refractivity contribution in [2.45, 2.75) is 52.4 Å². The Labute approximate surface area is 162 Å². The number of nitrogens with zero attached hydrogens (tertiary/aromatic N) is 1. The van der Waals surface area contributed by atoms with Crippen molar-refractivity contribution in [2.75, 3.05) is 13.2 Å². The molecule has 3 nitrogen and oxygen atoms in total. The normalized spacial score (nSPS) is 23.7. The van der Waals surface area contributed by atoms with Gasteiger partial charge in [0.25, 0.3) is 0 Å². The number of pyridine rings is 1. The number of halogens is 1. The molecule has 0 fully saturated rings. The minimum atomic E-state index is -0.649. The first-order valence-corrected chi connectivity index (χ1v) is 9.37. The Morgan fingerprint density at radius 2 is 1.54 bits per heavy atom. The number of rotatable bonds is 4. The maximum absolute atomic E-state index is 6.48. The predicted molar refractivity (Wildman–Crippen MR) is 97.6 cm³/mol. The lowest BCUT2D eigenvalue weighted by molar-refractivity contribution is -0.760. The van der Waals surface area contributed by atoms with E-state index in [9.17, 15) is 0 Å². The van der Waals surface area contributed by atoms with Crippen LogP contribution in [-0.4, -0.2) is 19.0 Å². The molecule has 0 radical (unpaired) electrons. The van der Waals surface area contributed by atoms with E-state index in [4.69, 9.17) is 9.47 Å². The van der Waals surface area contributed by atoms with Crippen molar-refractivity contribution in [3.8, 4) is 0 Å². The average molecular weight is 374 g/mol. The molecule has 2 bridgehead atoms. The summed E-state index contributed by atoms with van der Waals surface area (Å²) in [6, 6.07) is 15.6. The van der Waals surface area contributed by atoms with Gasteiger partial charge in [0.15, 0.2) is 23.2 Å². The zero-order valence-corrected chi connectivity index (χ0v) is 17.0. The second-order valence-electron chi connectivity index (χ2n) is 7.68. The lowest BCUT2D eigenvalue weighted by Crippen LogP contribution is -3.00. The van der Waals surface area contributed by atoms with Crippen LogP contribution in [0.4, 0.5) is 0 Å². The molecule has 1 aromatic heterocycles. The fourth-order valence-corrected chi connectivity index (χ4v) is 5.24. The first-order valence-electron chi connectivity index (χ1n) is 9.37. The van der Waals surface area contributed by atoms with Crippen molar-refractivity contribution < 1.29 is 26.4 Å². The lowest BCUT2D eigenvalue weighted by atomic mass is 9.57. The molecule has 5 rings (SSSR count). The quantitative estimate of drug-likeness (QED) is 0.592. The van der Waals surface area contributed by atoms with Gasteiger partial charge in [0.1, 0.15) is 5.92 Å². The third-order valence-corrected chi connectivity index (χ3v) is 6.10. The first-order chi connectivity index (χ1) is 12.0. The molecule has 3 aliphatic rings. The number of hydrogen-bond acceptors (Lipinski definition) is 2. The summed E-state index contributed by atoms with van der Waals surface area (Å²) in [5.41, 5.74) is 5.14. The van der Waals surface area contributed by atoms with Crippen LogP contribution in [0.2, 0.25) is 0 Å². The largest absolute Gasteiger partial charge is 1.00 e. The van der Waals surface area contributed by atoms with Gasteiger partial charge < -0.3 is 21.9 Å². The first kappa shape index (κ1) is 19.3. The van der Waals surface area contributed by atoms with E-state index < -0.39 is 5.79 Å². The molecule has 4 heteroatoms. The Kier molecular flexibility index (Phi) is 4.93. The summed E-state index contributed by atoms with van der Waals surface area (Å²) in [6.07, 6.45) is 0. The van der Waals surface area contributed by atoms with E-state index in [1.165, 1.54) is 22.5 Å². The molecule has 26 heavy (non-hydrogen) atoms. The molecule has 0 N–H and O–H groups in total. The summed E-state index contributed by atoms with van der Waals surface area (Å²) in [5, 5.41) is 0. The summed E-state index contributed by atoms with van der Waals surface area (Å²) in [5.74, 6) is -0.577. The Morgan fingerprint density at radius 3 is 2.15 bits per heavy atom. The van der Waals surface area contributed by atoms with Gasteiger partial charge in [-0.2, -0.15) is 4.57 Å². The Morgan fingerprint density at radius 1 is 0.923 bits per heavy atom. The molecule has 0 spiro atoms. The molecule has 1 aromatic carbocycles. The SMILES string of the molecule is CCOC1(OCC)C2c3ccccc3C([n+]3c(C)cccc32)C1(C)C.[Cl-]. The molecule has 1 aliphatic carbocycles. The molecule has 0 amide bonds. The van der Waals surface area contributed by atoms with Crippen molar-refractivity contribution in [3.63, 3.8) is 0 Å². The molecule has 0 saturated carbocycles. The molecule has 2 atom stereocenters. The number of aromatic nitrogens is 1. The molecule has 2 unspecified atom stereocenters. The molecule has 0 saturated heterocycles. The Hall–Kier alpha value is -1.42. The number of benzene rings is 1. The van der Waals surface area contributed by atoms with Crippen LogP contribution in [0.5, 0.6) is 0 Å². The average Bonchev–Trinajstić information content (AvgIpc) is 2.58. The van der Waals surface area contributed by atoms with E-state index >= 15 is 0 Å². The second kappa shape index (κ2) is 6.63. The number of aryl methyl sites for hydroxylation is 1. The Bertz CT molecular complexity index is 812. The highest BCUT2D eigenvalue weighted by Crippen LogP contribution is 2.61. The zero-order valence-electron chi connectivity index (χ0n) is 16.3. The second-order valence-corrected chi connectivity index (χ2v) is 7.68. The van der Waals surface area contributed by atoms with Crippen LogP contribution < -0.4 is 17.0 Å². The fourth-order valence-electron chi connectivity index (χ4n) is 5.24. The maximum Gasteiger partial charge on any atom is 0.196 e. The summed E-state index contributed by atoms with van der Waals surface area (Å²) in [6.45, 7) is 12.2. The molecule has 2 aliphatic heterocycles. The monoisotopic (exact) mass is 373 g/mol. The topological polar surface area (TPSA) is 22.3 Å². The van der Waals surface area contributed by atoms with Crippen LogP contribution in [-0.2, 0) is 9.47 Å². The highest BCUT2D eigenvalue weighted by atomic mass is 35.5. The van der Waals surface area contributed by atoms with Crippen molar-refractivity contribution in [1.29, 1.82) is 0 Å². The van der Waals surface area contributed by atoms with Crippen LogP contribution in [0.25, 0.3) is 0 Å². The Balaban J connectivity index is 0.00000196. The molecular formula is C22H28ClNO2. The van der Waals surface area contributed by atoms with Crippen LogP contribution in [0.3, 0.4) is 0 Å². The standard InChI is InChI=1S/C22H28NO2.ClH/c1-6-24-22(25-7-2)19-16-12-8-9-13-17(16)20(21(22,4)5)23-15(3)11-10-14-18(19)23;/h8-14,19-20H,6-7H2,1-5H3;1H/q+1;/p-1. The third kappa shape index (κ3) is 2.24. The minimum Gasteiger partial charge on any atom is -1.00 e. The van der Waals surface area contributed by atoms with Crippen molar-refractivity contribution in [3.05, 3.63) is 65.0 Å². The van der Waals surface area contributed by atoms with E-state index in [0.717, 1.165) is 0 Å². The highest BCUT2D eigenvalue weighted by Gasteiger charge is 2.70. The van der Waals surface area contributed by atoms with E-state index in [0.29, 0.717) is 13.2 Å². The predicted octanol–water partition coefficient (Wildman–Crippen LogP) is 1.13. The summed E-state index contributed by atoms with van der Waals surface area (Å²) in [4.78, 5) is 0. The summed E-state index contributed by atoms with van der Waals surface area (Å²) < 4.78 is 15.5. The molecule has 3 heterocycles. The van der Waals surface area contributed by atoms with E-state index in [-0.39, 0.29) is 29.8 Å². The van der Waals surface area contributed by atoms with E-state index in [2.05, 4.69) is 81.7 Å². The smallest absolute Gasteiger partial charge is 0.196 e. The lowest BCUT2D eigenvalue weighted by Gasteiger charge is -2.57. The number of hydrogen-bond donors (Lipinski definition) is 0. The van der Waals surface area contributed by atoms with Crippen LogP contribution >= 0.6 is 0 Å². The van der Waals surface area contributed by atoms with Gasteiger partial charge in [0.05, 0.1) is 5.41 Å². The van der Waals surface area contributed by atoms with Gasteiger partial charge in [-0.05, 0) is 39.3 Å². The third-order valence-electron chi connectivity index (χ3n) is 6.10. The highest BCUT2D eigenvalue weighted by molar-refractivity contribution is 5.46. The minimum absolute atomic E-state index is 0. The number of ether oxygens (including phenoxy) is 2. The van der Waals surface area contributed by atoms with Gasteiger partial charge in [-0.1, -0.05) is 24.3 Å². The molecular weight excluding hydrogens is 346 g/mol. The van der Waals surface area contributed by atoms with Gasteiger partial charge in [0, 0.05) is 37.8 Å². The van der Waals surface area contributed by atoms with E-state index in [1.54, 1.807) is 0 Å². The number of fused-ring (bicyclic) bond motifs is 1. The fraction of sp³-hybridized carbons (Fsp3) is 0.500. The molecule has 140 valence electrons. The van der Waals surface area contributed by atoms with Crippen LogP contribution in [0.15, 0.2) is 42.5 Å². The van der Waals surface area contributed by atoms with Crippen molar-refractivity contribution >= 4 is 0 Å². The zero-order chi connectivity index (χ0) is 17.8. The summed E-state index contributed by atoms with van der Waals surface area (Å²) in [7, 11) is 0. The van der Waals surface area contributed by atoms with Gasteiger partial charge in [-0.15, -0.1) is 0 Å². The summed E-state index contributed by atoms with van der Waals surface area (Å²) >= 11 is 0. The van der Waals surface area contributed by atoms with Crippen LogP contribution in [0.1, 0.15) is 62.2 Å². The molecule has 2 aromatic rings. The van der Waals surface area contributed by atoms with E-state index in [1.807, 2.05) is 0 Å². The van der Waals surface area contributed by atoms with Gasteiger partial charge in [-0.3, -0.25) is 0 Å². The van der Waals surface area contributed by atoms with Crippen molar-refractivity contribution in [1.82, 2.24) is 0 Å². The van der Waals surface area contributed by atoms with Gasteiger partial charge >= 0.3 is 0 Å². The van der Waals surface area contributed by atoms with Gasteiger partial charge in [-0.25, -0.2) is 0 Å². The van der Waals surface area contributed by atoms with Gasteiger partial charge in [0.2, 0.25) is 0 Å². The van der Waals surface area contributed by atoms with Crippen LogP contribution in [0, 0.1) is 12.3 Å². The maximum atomic E-state index is 6.48.